The summed E-state index contributed by atoms with van der Waals surface area (Å²) in [6, 6.07) is 0. The van der Waals surface area contributed by atoms with E-state index in [1.165, 1.54) is 25.7 Å². The molecule has 4 aliphatic rings. The zero-order chi connectivity index (χ0) is 15.8. The van der Waals surface area contributed by atoms with Crippen LogP contribution in [-0.2, 0) is 4.79 Å². The van der Waals surface area contributed by atoms with Crippen molar-refractivity contribution in [2.75, 3.05) is 0 Å². The maximum absolute atomic E-state index is 11.8. The number of allylic oxidation sites excluding steroid dienone is 2. The van der Waals surface area contributed by atoms with E-state index in [9.17, 15) is 9.90 Å². The molecule has 0 aromatic heterocycles. The van der Waals surface area contributed by atoms with E-state index in [4.69, 9.17) is 0 Å². The topological polar surface area (TPSA) is 37.3 Å². The Bertz CT molecular complexity index is 534. The molecule has 2 heteroatoms. The molecule has 0 heterocycles. The van der Waals surface area contributed by atoms with E-state index < -0.39 is 5.60 Å². The lowest BCUT2D eigenvalue weighted by atomic mass is 9.45. The SMILES string of the molecule is C[C@]12C=CC(=O)C[C@@H]1CC[C@@H]1[C@@H]2CC[C@@]2(C)[C@H]1CC[C@@]2(C)O. The second-order valence-corrected chi connectivity index (χ2v) is 9.29. The van der Waals surface area contributed by atoms with E-state index in [1.807, 2.05) is 6.08 Å². The van der Waals surface area contributed by atoms with E-state index in [0.29, 0.717) is 23.5 Å². The lowest BCUT2D eigenvalue weighted by molar-refractivity contribution is -0.135. The van der Waals surface area contributed by atoms with Gasteiger partial charge in [-0.05, 0) is 86.0 Å². The lowest BCUT2D eigenvalue weighted by Crippen LogP contribution is -2.55. The molecule has 3 fully saturated rings. The molecule has 0 spiro atoms. The highest BCUT2D eigenvalue weighted by atomic mass is 16.3. The molecule has 0 unspecified atom stereocenters. The van der Waals surface area contributed by atoms with Crippen molar-refractivity contribution in [1.82, 2.24) is 0 Å². The second-order valence-electron chi connectivity index (χ2n) is 9.29. The number of hydrogen-bond donors (Lipinski definition) is 1. The van der Waals surface area contributed by atoms with E-state index in [2.05, 4.69) is 26.8 Å². The molecule has 7 atom stereocenters. The summed E-state index contributed by atoms with van der Waals surface area (Å²) in [5.74, 6) is 3.00. The highest BCUT2D eigenvalue weighted by Crippen LogP contribution is 2.67. The molecule has 0 saturated heterocycles. The van der Waals surface area contributed by atoms with Crippen molar-refractivity contribution in [1.29, 1.82) is 0 Å². The molecule has 4 rings (SSSR count). The Kier molecular flexibility index (Phi) is 3.03. The van der Waals surface area contributed by atoms with Crippen molar-refractivity contribution in [3.05, 3.63) is 12.2 Å². The fourth-order valence-corrected chi connectivity index (χ4v) is 6.88. The molecule has 0 bridgehead atoms. The summed E-state index contributed by atoms with van der Waals surface area (Å²) in [5, 5.41) is 10.9. The molecule has 122 valence electrons. The number of hydrogen-bond acceptors (Lipinski definition) is 2. The molecule has 0 aliphatic heterocycles. The molecule has 1 N–H and O–H groups in total. The molecule has 3 saturated carbocycles. The Morgan fingerprint density at radius 3 is 2.55 bits per heavy atom. The monoisotopic (exact) mass is 302 g/mol. The molecule has 0 aromatic rings. The average Bonchev–Trinajstić information content (AvgIpc) is 2.70. The van der Waals surface area contributed by atoms with Crippen LogP contribution in [0, 0.1) is 34.5 Å². The van der Waals surface area contributed by atoms with Crippen LogP contribution in [0.15, 0.2) is 12.2 Å². The predicted octanol–water partition coefficient (Wildman–Crippen LogP) is 4.13. The molecule has 2 nitrogen and oxygen atoms in total. The van der Waals surface area contributed by atoms with Crippen LogP contribution in [-0.4, -0.2) is 16.5 Å². The molecule has 0 aromatic carbocycles. The summed E-state index contributed by atoms with van der Waals surface area (Å²) < 4.78 is 0. The van der Waals surface area contributed by atoms with Crippen molar-refractivity contribution in [2.24, 2.45) is 34.5 Å². The molecule has 0 radical (unpaired) electrons. The first-order valence-corrected chi connectivity index (χ1v) is 9.22. The van der Waals surface area contributed by atoms with Crippen molar-refractivity contribution in [2.45, 2.75) is 71.3 Å². The summed E-state index contributed by atoms with van der Waals surface area (Å²) >= 11 is 0. The first-order chi connectivity index (χ1) is 10.3. The Balaban J connectivity index is 1.69. The first-order valence-electron chi connectivity index (χ1n) is 9.22. The molecule has 4 aliphatic carbocycles. The summed E-state index contributed by atoms with van der Waals surface area (Å²) in [6.45, 7) is 6.82. The van der Waals surface area contributed by atoms with Gasteiger partial charge >= 0.3 is 0 Å². The number of aliphatic hydroxyl groups is 1. The van der Waals surface area contributed by atoms with Crippen molar-refractivity contribution in [3.63, 3.8) is 0 Å². The largest absolute Gasteiger partial charge is 0.390 e. The van der Waals surface area contributed by atoms with E-state index in [-0.39, 0.29) is 10.8 Å². The lowest BCUT2D eigenvalue weighted by Gasteiger charge is -2.59. The van der Waals surface area contributed by atoms with Crippen LogP contribution in [0.5, 0.6) is 0 Å². The van der Waals surface area contributed by atoms with Crippen molar-refractivity contribution in [3.8, 4) is 0 Å². The van der Waals surface area contributed by atoms with Crippen molar-refractivity contribution >= 4 is 5.78 Å². The van der Waals surface area contributed by atoms with E-state index in [0.717, 1.165) is 25.2 Å². The first kappa shape index (κ1) is 14.9. The van der Waals surface area contributed by atoms with Crippen LogP contribution in [0.4, 0.5) is 0 Å². The summed E-state index contributed by atoms with van der Waals surface area (Å²) in [6.07, 6.45) is 11.9. The number of rotatable bonds is 0. The Morgan fingerprint density at radius 1 is 1.05 bits per heavy atom. The fraction of sp³-hybridized carbons (Fsp3) is 0.850. The normalized spacial score (nSPS) is 57.2. The van der Waals surface area contributed by atoms with E-state index in [1.54, 1.807) is 0 Å². The third kappa shape index (κ3) is 1.74. The van der Waals surface area contributed by atoms with Gasteiger partial charge in [0.1, 0.15) is 0 Å². The molecule has 22 heavy (non-hydrogen) atoms. The van der Waals surface area contributed by atoms with Crippen LogP contribution in [0.3, 0.4) is 0 Å². The maximum Gasteiger partial charge on any atom is 0.155 e. The smallest absolute Gasteiger partial charge is 0.155 e. The highest BCUT2D eigenvalue weighted by Gasteiger charge is 2.62. The van der Waals surface area contributed by atoms with Gasteiger partial charge in [-0.1, -0.05) is 19.9 Å². The Morgan fingerprint density at radius 2 is 1.77 bits per heavy atom. The summed E-state index contributed by atoms with van der Waals surface area (Å²) in [7, 11) is 0. The Labute approximate surface area is 134 Å². The number of carbonyl (C=O) groups excluding carboxylic acids is 1. The summed E-state index contributed by atoms with van der Waals surface area (Å²) in [4.78, 5) is 11.8. The molecular formula is C20H30O2. The standard InChI is InChI=1S/C20H30O2/c1-18-9-6-14(21)12-13(18)4-5-15-16(18)7-10-19(2)17(15)8-11-20(19,3)22/h6,9,13,15-17,22H,4-5,7-8,10-12H2,1-3H3/t13-,15+,16-,17-,18-,19-,20+/m0/s1. The summed E-state index contributed by atoms with van der Waals surface area (Å²) in [5.41, 5.74) is -0.170. The average molecular weight is 302 g/mol. The third-order valence-corrected chi connectivity index (χ3v) is 8.60. The van der Waals surface area contributed by atoms with Gasteiger partial charge in [-0.3, -0.25) is 4.79 Å². The second kappa shape index (κ2) is 4.47. The van der Waals surface area contributed by atoms with Gasteiger partial charge < -0.3 is 5.11 Å². The zero-order valence-electron chi connectivity index (χ0n) is 14.3. The van der Waals surface area contributed by atoms with Crippen LogP contribution in [0.1, 0.15) is 65.7 Å². The minimum Gasteiger partial charge on any atom is -0.390 e. The number of carbonyl (C=O) groups is 1. The van der Waals surface area contributed by atoms with Gasteiger partial charge in [0.25, 0.3) is 0 Å². The van der Waals surface area contributed by atoms with Gasteiger partial charge in [-0.2, -0.15) is 0 Å². The minimum absolute atomic E-state index is 0.103. The maximum atomic E-state index is 11.8. The molecule has 0 amide bonds. The van der Waals surface area contributed by atoms with Gasteiger partial charge in [0.15, 0.2) is 5.78 Å². The third-order valence-electron chi connectivity index (χ3n) is 8.60. The highest BCUT2D eigenvalue weighted by molar-refractivity contribution is 5.91. The van der Waals surface area contributed by atoms with Crippen LogP contribution in [0.2, 0.25) is 0 Å². The van der Waals surface area contributed by atoms with Crippen molar-refractivity contribution < 1.29 is 9.90 Å². The Hall–Kier alpha value is -0.630. The van der Waals surface area contributed by atoms with E-state index >= 15 is 0 Å². The fourth-order valence-electron chi connectivity index (χ4n) is 6.88. The van der Waals surface area contributed by atoms with Crippen LogP contribution < -0.4 is 0 Å². The van der Waals surface area contributed by atoms with Gasteiger partial charge in [-0.15, -0.1) is 0 Å². The minimum atomic E-state index is -0.487. The quantitative estimate of drug-likeness (QED) is 0.730. The van der Waals surface area contributed by atoms with Gasteiger partial charge in [0.05, 0.1) is 5.60 Å². The zero-order valence-corrected chi connectivity index (χ0v) is 14.3. The number of ketones is 1. The number of fused-ring (bicyclic) bond motifs is 5. The predicted molar refractivity (Wildman–Crippen MR) is 87.3 cm³/mol. The molecular weight excluding hydrogens is 272 g/mol. The van der Waals surface area contributed by atoms with Gasteiger partial charge in [0, 0.05) is 6.42 Å². The van der Waals surface area contributed by atoms with Gasteiger partial charge in [0.2, 0.25) is 0 Å². The van der Waals surface area contributed by atoms with Crippen LogP contribution in [0.25, 0.3) is 0 Å². The van der Waals surface area contributed by atoms with Gasteiger partial charge in [-0.25, -0.2) is 0 Å². The van der Waals surface area contributed by atoms with Crippen LogP contribution >= 0.6 is 0 Å².